The molecule has 0 saturated heterocycles. The summed E-state index contributed by atoms with van der Waals surface area (Å²) in [5.74, 6) is 0.0224. The van der Waals surface area contributed by atoms with Crippen LogP contribution < -0.4 is 5.32 Å². The van der Waals surface area contributed by atoms with Crippen LogP contribution in [0.4, 0.5) is 0 Å². The molecule has 1 atom stereocenters. The van der Waals surface area contributed by atoms with Crippen LogP contribution in [-0.2, 0) is 11.2 Å². The summed E-state index contributed by atoms with van der Waals surface area (Å²) in [6, 6.07) is 8.04. The molecule has 0 bridgehead atoms. The first kappa shape index (κ1) is 13.7. The Labute approximate surface area is 103 Å². The number of amides is 1. The van der Waals surface area contributed by atoms with Crippen LogP contribution in [0.5, 0.6) is 0 Å². The van der Waals surface area contributed by atoms with Gasteiger partial charge >= 0.3 is 0 Å². The van der Waals surface area contributed by atoms with Crippen molar-refractivity contribution in [2.24, 2.45) is 0 Å². The Bertz CT molecular complexity index is 346. The first-order valence-electron chi connectivity index (χ1n) is 6.11. The van der Waals surface area contributed by atoms with Crippen molar-refractivity contribution >= 4 is 5.91 Å². The third-order valence-corrected chi connectivity index (χ3v) is 2.82. The zero-order valence-electron chi connectivity index (χ0n) is 10.6. The molecule has 3 nitrogen and oxygen atoms in total. The van der Waals surface area contributed by atoms with E-state index in [4.69, 9.17) is 5.11 Å². The summed E-state index contributed by atoms with van der Waals surface area (Å²) in [5, 5.41) is 11.8. The van der Waals surface area contributed by atoms with E-state index in [1.807, 2.05) is 38.1 Å². The number of carbonyl (C=O) groups excluding carboxylic acids is 1. The second-order valence-corrected chi connectivity index (χ2v) is 4.35. The third-order valence-electron chi connectivity index (χ3n) is 2.82. The minimum atomic E-state index is 0.0224. The van der Waals surface area contributed by atoms with E-state index in [0.717, 1.165) is 12.0 Å². The van der Waals surface area contributed by atoms with Gasteiger partial charge in [-0.1, -0.05) is 36.8 Å². The van der Waals surface area contributed by atoms with Gasteiger partial charge in [-0.15, -0.1) is 0 Å². The molecule has 3 heteroatoms. The molecule has 0 aliphatic rings. The summed E-state index contributed by atoms with van der Waals surface area (Å²) in [5.41, 5.74) is 2.22. The number of nitrogens with one attached hydrogen (secondary N) is 1. The lowest BCUT2D eigenvalue weighted by Crippen LogP contribution is -2.36. The highest BCUT2D eigenvalue weighted by Gasteiger charge is 2.10. The van der Waals surface area contributed by atoms with E-state index in [2.05, 4.69) is 5.32 Å². The summed E-state index contributed by atoms with van der Waals surface area (Å²) in [6.45, 7) is 4.15. The van der Waals surface area contributed by atoms with Gasteiger partial charge in [0, 0.05) is 12.6 Å². The Hall–Kier alpha value is -1.35. The zero-order valence-corrected chi connectivity index (χ0v) is 10.6. The highest BCUT2D eigenvalue weighted by atomic mass is 16.3. The Morgan fingerprint density at radius 1 is 1.35 bits per heavy atom. The Morgan fingerprint density at radius 2 is 2.00 bits per heavy atom. The first-order chi connectivity index (χ1) is 8.15. The minimum absolute atomic E-state index is 0.0224. The van der Waals surface area contributed by atoms with E-state index < -0.39 is 0 Å². The Kier molecular flexibility index (Phi) is 5.70. The van der Waals surface area contributed by atoms with E-state index in [1.54, 1.807) is 0 Å². The van der Waals surface area contributed by atoms with Crippen LogP contribution in [0.25, 0.3) is 0 Å². The van der Waals surface area contributed by atoms with Crippen LogP contribution in [0, 0.1) is 6.92 Å². The highest BCUT2D eigenvalue weighted by molar-refractivity contribution is 5.78. The lowest BCUT2D eigenvalue weighted by molar-refractivity contribution is -0.121. The van der Waals surface area contributed by atoms with Crippen molar-refractivity contribution in [3.63, 3.8) is 0 Å². The predicted octanol–water partition coefficient (Wildman–Crippen LogP) is 1.81. The van der Waals surface area contributed by atoms with Gasteiger partial charge in [0.15, 0.2) is 0 Å². The first-order valence-corrected chi connectivity index (χ1v) is 6.11. The van der Waals surface area contributed by atoms with Crippen molar-refractivity contribution in [1.82, 2.24) is 5.32 Å². The van der Waals surface area contributed by atoms with Crippen molar-refractivity contribution in [3.05, 3.63) is 35.4 Å². The minimum Gasteiger partial charge on any atom is -0.396 e. The molecule has 1 unspecified atom stereocenters. The normalized spacial score (nSPS) is 12.2. The van der Waals surface area contributed by atoms with Crippen molar-refractivity contribution in [3.8, 4) is 0 Å². The molecule has 0 fully saturated rings. The molecule has 0 aromatic heterocycles. The topological polar surface area (TPSA) is 49.3 Å². The number of hydrogen-bond acceptors (Lipinski definition) is 2. The molecular formula is C14H21NO2. The van der Waals surface area contributed by atoms with Crippen LogP contribution >= 0.6 is 0 Å². The SMILES string of the molecule is CCC(CCO)NC(=O)Cc1ccc(C)cc1. The van der Waals surface area contributed by atoms with Crippen molar-refractivity contribution in [2.45, 2.75) is 39.2 Å². The summed E-state index contributed by atoms with van der Waals surface area (Å²) in [7, 11) is 0. The van der Waals surface area contributed by atoms with Gasteiger partial charge in [0.1, 0.15) is 0 Å². The van der Waals surface area contributed by atoms with Gasteiger partial charge in [-0.25, -0.2) is 0 Å². The van der Waals surface area contributed by atoms with E-state index >= 15 is 0 Å². The molecule has 0 aliphatic carbocycles. The summed E-state index contributed by atoms with van der Waals surface area (Å²) >= 11 is 0. The second kappa shape index (κ2) is 7.07. The Morgan fingerprint density at radius 3 is 2.53 bits per heavy atom. The smallest absolute Gasteiger partial charge is 0.224 e. The maximum absolute atomic E-state index is 11.7. The number of aryl methyl sites for hydroxylation is 1. The molecular weight excluding hydrogens is 214 g/mol. The number of aliphatic hydroxyl groups is 1. The molecule has 0 saturated carbocycles. The van der Waals surface area contributed by atoms with Gasteiger partial charge in [-0.05, 0) is 25.3 Å². The molecule has 0 radical (unpaired) electrons. The molecule has 1 amide bonds. The Balaban J connectivity index is 2.46. The average molecular weight is 235 g/mol. The molecule has 94 valence electrons. The molecule has 1 aromatic carbocycles. The molecule has 0 aliphatic heterocycles. The molecule has 17 heavy (non-hydrogen) atoms. The van der Waals surface area contributed by atoms with E-state index in [0.29, 0.717) is 12.8 Å². The molecule has 2 N–H and O–H groups in total. The number of carbonyl (C=O) groups is 1. The number of aliphatic hydroxyl groups excluding tert-OH is 1. The standard InChI is InChI=1S/C14H21NO2/c1-3-13(8-9-16)15-14(17)10-12-6-4-11(2)5-7-12/h4-7,13,16H,3,8-10H2,1-2H3,(H,15,17). The maximum atomic E-state index is 11.7. The summed E-state index contributed by atoms with van der Waals surface area (Å²) in [4.78, 5) is 11.7. The summed E-state index contributed by atoms with van der Waals surface area (Å²) in [6.07, 6.45) is 1.87. The van der Waals surface area contributed by atoms with Gasteiger partial charge in [0.05, 0.1) is 6.42 Å². The second-order valence-electron chi connectivity index (χ2n) is 4.35. The number of hydrogen-bond donors (Lipinski definition) is 2. The molecule has 1 aromatic rings. The van der Waals surface area contributed by atoms with Gasteiger partial charge in [-0.3, -0.25) is 4.79 Å². The van der Waals surface area contributed by atoms with Crippen molar-refractivity contribution in [1.29, 1.82) is 0 Å². The number of rotatable bonds is 6. The molecule has 0 heterocycles. The van der Waals surface area contributed by atoms with Crippen LogP contribution in [0.1, 0.15) is 30.9 Å². The fourth-order valence-electron chi connectivity index (χ4n) is 1.70. The van der Waals surface area contributed by atoms with E-state index in [9.17, 15) is 4.79 Å². The van der Waals surface area contributed by atoms with Crippen molar-refractivity contribution in [2.75, 3.05) is 6.61 Å². The molecule has 1 rings (SSSR count). The van der Waals surface area contributed by atoms with Gasteiger partial charge in [0.2, 0.25) is 5.91 Å². The van der Waals surface area contributed by atoms with Crippen LogP contribution in [0.15, 0.2) is 24.3 Å². The van der Waals surface area contributed by atoms with E-state index in [-0.39, 0.29) is 18.6 Å². The van der Waals surface area contributed by atoms with Crippen LogP contribution in [0.2, 0.25) is 0 Å². The fourth-order valence-corrected chi connectivity index (χ4v) is 1.70. The van der Waals surface area contributed by atoms with Crippen LogP contribution in [0.3, 0.4) is 0 Å². The molecule has 0 spiro atoms. The zero-order chi connectivity index (χ0) is 12.7. The average Bonchev–Trinajstić information content (AvgIpc) is 2.31. The van der Waals surface area contributed by atoms with Gasteiger partial charge in [0.25, 0.3) is 0 Å². The third kappa shape index (κ3) is 5.00. The van der Waals surface area contributed by atoms with Gasteiger partial charge in [-0.2, -0.15) is 0 Å². The monoisotopic (exact) mass is 235 g/mol. The van der Waals surface area contributed by atoms with Crippen molar-refractivity contribution < 1.29 is 9.90 Å². The lowest BCUT2D eigenvalue weighted by atomic mass is 10.1. The highest BCUT2D eigenvalue weighted by Crippen LogP contribution is 2.04. The van der Waals surface area contributed by atoms with E-state index in [1.165, 1.54) is 5.56 Å². The van der Waals surface area contributed by atoms with Gasteiger partial charge < -0.3 is 10.4 Å². The fraction of sp³-hybridized carbons (Fsp3) is 0.500. The number of benzene rings is 1. The quantitative estimate of drug-likeness (QED) is 0.790. The lowest BCUT2D eigenvalue weighted by Gasteiger charge is -2.15. The summed E-state index contributed by atoms with van der Waals surface area (Å²) < 4.78 is 0. The van der Waals surface area contributed by atoms with Crippen LogP contribution in [-0.4, -0.2) is 23.7 Å². The largest absolute Gasteiger partial charge is 0.396 e. The predicted molar refractivity (Wildman–Crippen MR) is 68.8 cm³/mol. The maximum Gasteiger partial charge on any atom is 0.224 e.